The van der Waals surface area contributed by atoms with E-state index in [0.29, 0.717) is 61.4 Å². The summed E-state index contributed by atoms with van der Waals surface area (Å²) in [5, 5.41) is 72.6. The Morgan fingerprint density at radius 2 is 1.08 bits per heavy atom. The fraction of sp³-hybridized carbons (Fsp3) is 0.593. The molecule has 4 heterocycles. The van der Waals surface area contributed by atoms with Crippen molar-refractivity contribution >= 4 is 35.8 Å². The molecule has 4 aliphatic heterocycles. The molecule has 2 aromatic carbocycles. The number of esters is 5. The number of carbonyl (C=O) groups is 6. The van der Waals surface area contributed by atoms with Crippen LogP contribution in [-0.4, -0.2) is 174 Å². The summed E-state index contributed by atoms with van der Waals surface area (Å²) in [6.45, 7) is 8.05. The van der Waals surface area contributed by atoms with E-state index < -0.39 is 113 Å². The van der Waals surface area contributed by atoms with Gasteiger partial charge in [-0.1, -0.05) is 24.3 Å². The summed E-state index contributed by atoms with van der Waals surface area (Å²) >= 11 is 0. The molecule has 2 saturated heterocycles. The van der Waals surface area contributed by atoms with Gasteiger partial charge in [-0.25, -0.2) is 19.2 Å². The number of benzene rings is 2. The predicted octanol–water partition coefficient (Wildman–Crippen LogP) is 0.791. The summed E-state index contributed by atoms with van der Waals surface area (Å²) < 4.78 is 39.3. The van der Waals surface area contributed by atoms with Crippen molar-refractivity contribution in [3.63, 3.8) is 0 Å². The van der Waals surface area contributed by atoms with Gasteiger partial charge in [0.15, 0.2) is 12.2 Å². The second-order valence-electron chi connectivity index (χ2n) is 22.2. The number of ether oxygens (including phenoxy) is 7. The lowest BCUT2D eigenvalue weighted by Gasteiger charge is -2.61. The fourth-order valence-corrected chi connectivity index (χ4v) is 13.1. The van der Waals surface area contributed by atoms with E-state index in [1.54, 1.807) is 39.0 Å². The summed E-state index contributed by atoms with van der Waals surface area (Å²) in [5.74, 6) is -5.26. The van der Waals surface area contributed by atoms with Gasteiger partial charge in [0, 0.05) is 47.2 Å². The summed E-state index contributed by atoms with van der Waals surface area (Å²) in [4.78, 5) is 78.3. The Bertz CT molecular complexity index is 2800. The Labute approximate surface area is 437 Å². The lowest BCUT2D eigenvalue weighted by Crippen LogP contribution is -2.74. The Morgan fingerprint density at radius 1 is 0.671 bits per heavy atom. The molecule has 2 aromatic rings. The highest BCUT2D eigenvalue weighted by atomic mass is 16.6. The molecule has 2 fully saturated rings. The van der Waals surface area contributed by atoms with Gasteiger partial charge >= 0.3 is 35.8 Å². The van der Waals surface area contributed by atoms with Gasteiger partial charge in [0.25, 0.3) is 0 Å². The molecule has 0 amide bonds. The zero-order valence-electron chi connectivity index (χ0n) is 43.4. The maximum Gasteiger partial charge on any atom is 0.348 e. The summed E-state index contributed by atoms with van der Waals surface area (Å²) in [7, 11) is 3.95. The van der Waals surface area contributed by atoms with E-state index >= 15 is 0 Å². The average Bonchev–Trinajstić information content (AvgIpc) is 4.03. The van der Waals surface area contributed by atoms with Crippen LogP contribution in [0.2, 0.25) is 0 Å². The van der Waals surface area contributed by atoms with Crippen LogP contribution < -0.4 is 9.47 Å². The average molecular weight is 1060 g/mol. The number of rotatable bonds is 14. The van der Waals surface area contributed by atoms with Crippen LogP contribution in [0, 0.1) is 0 Å². The van der Waals surface area contributed by atoms with Gasteiger partial charge in [-0.05, 0) is 111 Å². The molecule has 4 bridgehead atoms. The van der Waals surface area contributed by atoms with Crippen LogP contribution in [0.4, 0.5) is 0 Å². The normalized spacial score (nSPS) is 30.6. The minimum absolute atomic E-state index is 0.145. The van der Waals surface area contributed by atoms with Crippen LogP contribution in [-0.2, 0) is 89.3 Å². The van der Waals surface area contributed by atoms with Crippen molar-refractivity contribution in [2.24, 2.45) is 0 Å². The number of aliphatic hydroxyl groups excluding tert-OH is 4. The third-order valence-electron chi connectivity index (χ3n) is 16.6. The number of aliphatic carboxylic acids is 1. The number of hydrogen-bond acceptors (Lipinski definition) is 21. The van der Waals surface area contributed by atoms with Crippen LogP contribution in [0.1, 0.15) is 107 Å². The number of aliphatic hydroxyl groups is 6. The molecule has 7 N–H and O–H groups in total. The molecule has 22 heteroatoms. The highest BCUT2D eigenvalue weighted by molar-refractivity contribution is 5.86. The van der Waals surface area contributed by atoms with Crippen molar-refractivity contribution in [3.8, 4) is 11.5 Å². The first kappa shape index (κ1) is 54.8. The van der Waals surface area contributed by atoms with E-state index in [1.165, 1.54) is 6.92 Å². The van der Waals surface area contributed by atoms with Gasteiger partial charge in [-0.15, -0.1) is 0 Å². The number of nitrogens with zero attached hydrogens (tertiary/aromatic N) is 2. The Hall–Kier alpha value is -5.98. The molecule has 8 aliphatic rings. The maximum absolute atomic E-state index is 13.2. The van der Waals surface area contributed by atoms with E-state index in [-0.39, 0.29) is 49.7 Å². The van der Waals surface area contributed by atoms with Crippen molar-refractivity contribution in [3.05, 3.63) is 81.3 Å². The smallest absolute Gasteiger partial charge is 0.348 e. The van der Waals surface area contributed by atoms with Crippen molar-refractivity contribution < 1.29 is 97.7 Å². The molecule has 4 aliphatic carbocycles. The molecular formula is C54H66N2O20. The number of likely N-dealkylation sites (tertiary alicyclic amines) is 2. The quantitative estimate of drug-likeness (QED) is 0.102. The van der Waals surface area contributed by atoms with Crippen LogP contribution in [0.3, 0.4) is 0 Å². The molecule has 0 unspecified atom stereocenters. The maximum atomic E-state index is 13.2. The minimum Gasteiger partial charge on any atom is -0.481 e. The Balaban J connectivity index is 0.000000187. The molecule has 0 radical (unpaired) electrons. The molecule has 0 saturated carbocycles. The van der Waals surface area contributed by atoms with Gasteiger partial charge in [0.1, 0.15) is 40.8 Å². The van der Waals surface area contributed by atoms with E-state index in [4.69, 9.17) is 33.2 Å². The third kappa shape index (κ3) is 8.74. The molecule has 22 nitrogen and oxygen atoms in total. The van der Waals surface area contributed by atoms with Crippen LogP contribution in [0.25, 0.3) is 0 Å². The van der Waals surface area contributed by atoms with Crippen LogP contribution in [0.15, 0.2) is 47.9 Å². The van der Waals surface area contributed by atoms with E-state index in [9.17, 15) is 64.5 Å². The van der Waals surface area contributed by atoms with Crippen molar-refractivity contribution in [1.82, 2.24) is 9.80 Å². The topological polar surface area (TPSA) is 315 Å². The second-order valence-corrected chi connectivity index (χ2v) is 22.2. The highest BCUT2D eigenvalue weighted by Gasteiger charge is 2.73. The zero-order valence-corrected chi connectivity index (χ0v) is 43.4. The number of carbonyl (C=O) groups excluding carboxylic acids is 5. The number of carboxylic acid groups (broad SMARTS) is 1. The van der Waals surface area contributed by atoms with Gasteiger partial charge in [0.05, 0.1) is 48.1 Å². The van der Waals surface area contributed by atoms with Crippen LogP contribution >= 0.6 is 0 Å². The summed E-state index contributed by atoms with van der Waals surface area (Å²) in [6, 6.07) is 7.15. The van der Waals surface area contributed by atoms with Gasteiger partial charge in [0.2, 0.25) is 12.2 Å². The van der Waals surface area contributed by atoms with Gasteiger partial charge < -0.3 is 78.7 Å². The predicted molar refractivity (Wildman–Crippen MR) is 260 cm³/mol. The summed E-state index contributed by atoms with van der Waals surface area (Å²) in [5.41, 5.74) is -0.239. The molecule has 76 heavy (non-hydrogen) atoms. The highest BCUT2D eigenvalue weighted by Crippen LogP contribution is 2.66. The van der Waals surface area contributed by atoms with Crippen molar-refractivity contribution in [2.75, 3.05) is 27.2 Å². The van der Waals surface area contributed by atoms with Gasteiger partial charge in [-0.2, -0.15) is 0 Å². The number of hydrogen-bond donors (Lipinski definition) is 7. The zero-order chi connectivity index (χ0) is 55.2. The molecular weight excluding hydrogens is 997 g/mol. The largest absolute Gasteiger partial charge is 0.481 e. The lowest BCUT2D eigenvalue weighted by molar-refractivity contribution is -0.183. The Morgan fingerprint density at radius 3 is 1.46 bits per heavy atom. The first-order valence-electron chi connectivity index (χ1n) is 25.5. The number of carboxylic acids is 1. The molecule has 2 spiro atoms. The van der Waals surface area contributed by atoms with E-state index in [2.05, 4.69) is 9.80 Å². The first-order valence-corrected chi connectivity index (χ1v) is 25.5. The van der Waals surface area contributed by atoms with E-state index in [1.807, 2.05) is 32.3 Å². The molecule has 412 valence electrons. The molecule has 10 rings (SSSR count). The molecule has 12 atom stereocenters. The lowest BCUT2D eigenvalue weighted by atomic mass is 9.50. The minimum atomic E-state index is -1.84. The Kier molecular flexibility index (Phi) is 14.3. The van der Waals surface area contributed by atoms with E-state index in [0.717, 1.165) is 29.2 Å². The summed E-state index contributed by atoms with van der Waals surface area (Å²) in [6.07, 6.45) is -3.74. The first-order chi connectivity index (χ1) is 35.7. The van der Waals surface area contributed by atoms with Crippen molar-refractivity contribution in [2.45, 2.75) is 176 Å². The van der Waals surface area contributed by atoms with Gasteiger partial charge in [-0.3, -0.25) is 9.59 Å². The van der Waals surface area contributed by atoms with Crippen LogP contribution in [0.5, 0.6) is 11.5 Å². The second kappa shape index (κ2) is 19.8. The fourth-order valence-electron chi connectivity index (χ4n) is 13.1. The standard InChI is InChI=1S/C29H37NO10.C25H29NO10/c1-15(32)25(34)38-19(26(35)40-27(2,3)4)13-21(33)37-18-8-9-29(36)20-12-16-6-7-17(14-31)23-22(16)28(29,24(18)39-23)10-11-30(20)5;1-12(28)23(32)35-16(22(30)31)10-18(29)34-15-5-6-25(33)17-9-13-3-4-14(11-27)20-19(13)24(25,21(15)36-20)7-8-26(17)2/h6-8,15,19-20,24,31-32,36H,9-14H2,1-5H3;3-5,12,16-17,21,27-28,33H,6-11H2,1-2H3,(H,30,31)/t15-,19-,20+,24-,28-,29+;12-,16-,17+,21-,24-,25+/m00/s1. The monoisotopic (exact) mass is 1060 g/mol. The molecule has 0 aromatic heterocycles. The number of piperidine rings is 2. The van der Waals surface area contributed by atoms with Crippen molar-refractivity contribution in [1.29, 1.82) is 0 Å². The number of likely N-dealkylation sites (N-methyl/N-ethyl adjacent to an activating group) is 2. The third-order valence-corrected chi connectivity index (χ3v) is 16.6. The SMILES string of the molecule is C[C@H](O)C(=O)O[C@@H](CC(=O)OC1=CC[C@@]2(O)[C@H]3Cc4ccc(CO)c5c4[C@@]2(CCN3C)[C@H]1O5)C(=O)O.C[C@H](O)C(=O)O[C@@H](CC(=O)OC1=CC[C@@]2(O)[C@H]3Cc4ccc(CO)c5c4[C@@]2(CCN3C)[C@H]1O5)C(=O)OC(C)(C)C.